The van der Waals surface area contributed by atoms with Crippen molar-refractivity contribution in [3.8, 4) is 0 Å². The van der Waals surface area contributed by atoms with Crippen LogP contribution < -0.4 is 5.32 Å². The Morgan fingerprint density at radius 1 is 1.30 bits per heavy atom. The van der Waals surface area contributed by atoms with Crippen LogP contribution in [-0.2, 0) is 14.3 Å². The van der Waals surface area contributed by atoms with Crippen molar-refractivity contribution >= 4 is 45.2 Å². The Morgan fingerprint density at radius 2 is 2.00 bits per heavy atom. The second kappa shape index (κ2) is 9.23. The highest BCUT2D eigenvalue weighted by atomic mass is 79.9. The maximum absolute atomic E-state index is 12.1. The van der Waals surface area contributed by atoms with Gasteiger partial charge in [-0.05, 0) is 53.9 Å². The van der Waals surface area contributed by atoms with Gasteiger partial charge in [-0.1, -0.05) is 25.7 Å². The summed E-state index contributed by atoms with van der Waals surface area (Å²) in [4.78, 5) is 24.9. The maximum Gasteiger partial charge on any atom is 0.331 e. The van der Waals surface area contributed by atoms with E-state index in [1.807, 2.05) is 12.1 Å². The molecule has 0 spiro atoms. The quantitative estimate of drug-likeness (QED) is 0.456. The number of thiophene rings is 1. The van der Waals surface area contributed by atoms with Gasteiger partial charge in [0.15, 0.2) is 6.10 Å². The lowest BCUT2D eigenvalue weighted by molar-refractivity contribution is -0.150. The van der Waals surface area contributed by atoms with E-state index in [2.05, 4.69) is 21.2 Å². The summed E-state index contributed by atoms with van der Waals surface area (Å²) in [6.07, 6.45) is 9.07. The molecule has 0 radical (unpaired) electrons. The van der Waals surface area contributed by atoms with Crippen LogP contribution in [0.1, 0.15) is 50.3 Å². The van der Waals surface area contributed by atoms with E-state index in [1.165, 1.54) is 30.3 Å². The molecule has 1 heterocycles. The summed E-state index contributed by atoms with van der Waals surface area (Å²) in [7, 11) is 0. The lowest BCUT2D eigenvalue weighted by atomic mass is 10.1. The number of amides is 1. The predicted molar refractivity (Wildman–Crippen MR) is 96.2 cm³/mol. The minimum absolute atomic E-state index is 0.211. The van der Waals surface area contributed by atoms with Gasteiger partial charge in [0, 0.05) is 17.0 Å². The third kappa shape index (κ3) is 6.47. The average Bonchev–Trinajstić information content (AvgIpc) is 2.77. The fraction of sp³-hybridized carbons (Fsp3) is 0.529. The Balaban J connectivity index is 1.77. The normalized spacial score (nSPS) is 17.7. The monoisotopic (exact) mass is 399 g/mol. The second-order valence-electron chi connectivity index (χ2n) is 5.75. The second-order valence-corrected chi connectivity index (χ2v) is 8.25. The summed E-state index contributed by atoms with van der Waals surface area (Å²) in [6.45, 7) is 1.61. The smallest absolute Gasteiger partial charge is 0.331 e. The minimum Gasteiger partial charge on any atom is -0.449 e. The summed E-state index contributed by atoms with van der Waals surface area (Å²) in [5, 5.41) is 3.00. The minimum atomic E-state index is -0.773. The van der Waals surface area contributed by atoms with Gasteiger partial charge >= 0.3 is 5.97 Å². The molecule has 0 aliphatic heterocycles. The van der Waals surface area contributed by atoms with Gasteiger partial charge in [0.05, 0.1) is 3.79 Å². The van der Waals surface area contributed by atoms with Crippen molar-refractivity contribution in [1.29, 1.82) is 0 Å². The Hall–Kier alpha value is -1.14. The van der Waals surface area contributed by atoms with Crippen LogP contribution in [0.5, 0.6) is 0 Å². The van der Waals surface area contributed by atoms with Crippen LogP contribution in [0.4, 0.5) is 0 Å². The van der Waals surface area contributed by atoms with Gasteiger partial charge in [0.1, 0.15) is 0 Å². The zero-order valence-electron chi connectivity index (χ0n) is 13.2. The molecule has 6 heteroatoms. The van der Waals surface area contributed by atoms with E-state index in [9.17, 15) is 9.59 Å². The lowest BCUT2D eigenvalue weighted by Gasteiger charge is -2.19. The fourth-order valence-corrected chi connectivity index (χ4v) is 3.90. The molecule has 0 bridgehead atoms. The molecule has 2 rings (SSSR count). The van der Waals surface area contributed by atoms with Gasteiger partial charge < -0.3 is 10.1 Å². The average molecular weight is 400 g/mol. The Morgan fingerprint density at radius 3 is 2.61 bits per heavy atom. The first-order valence-corrected chi connectivity index (χ1v) is 9.60. The first kappa shape index (κ1) is 18.2. The molecule has 1 N–H and O–H groups in total. The largest absolute Gasteiger partial charge is 0.449 e. The van der Waals surface area contributed by atoms with E-state index in [-0.39, 0.29) is 11.9 Å². The van der Waals surface area contributed by atoms with Crippen LogP contribution >= 0.6 is 27.3 Å². The maximum atomic E-state index is 12.1. The predicted octanol–water partition coefficient (Wildman–Crippen LogP) is 4.29. The molecule has 0 unspecified atom stereocenters. The zero-order chi connectivity index (χ0) is 16.7. The van der Waals surface area contributed by atoms with Crippen LogP contribution in [-0.4, -0.2) is 24.0 Å². The van der Waals surface area contributed by atoms with Crippen LogP contribution in [0, 0.1) is 0 Å². The molecule has 1 aromatic rings. The first-order valence-electron chi connectivity index (χ1n) is 7.99. The summed E-state index contributed by atoms with van der Waals surface area (Å²) in [6, 6.07) is 4.03. The van der Waals surface area contributed by atoms with Crippen molar-refractivity contribution in [3.63, 3.8) is 0 Å². The van der Waals surface area contributed by atoms with Crippen molar-refractivity contribution in [3.05, 3.63) is 26.9 Å². The van der Waals surface area contributed by atoms with Crippen LogP contribution in [0.15, 0.2) is 22.0 Å². The molecule has 1 fully saturated rings. The van der Waals surface area contributed by atoms with Gasteiger partial charge in [-0.25, -0.2) is 4.79 Å². The van der Waals surface area contributed by atoms with Gasteiger partial charge in [-0.15, -0.1) is 11.3 Å². The number of carbonyl (C=O) groups is 2. The van der Waals surface area contributed by atoms with E-state index in [1.54, 1.807) is 13.0 Å². The molecule has 1 atom stereocenters. The molecular weight excluding hydrogens is 378 g/mol. The van der Waals surface area contributed by atoms with Gasteiger partial charge in [-0.2, -0.15) is 0 Å². The molecule has 126 valence electrons. The summed E-state index contributed by atoms with van der Waals surface area (Å²) < 4.78 is 6.17. The number of halogens is 1. The number of ether oxygens (including phenoxy) is 1. The molecule has 1 amide bonds. The van der Waals surface area contributed by atoms with E-state index in [0.29, 0.717) is 0 Å². The first-order chi connectivity index (χ1) is 11.0. The van der Waals surface area contributed by atoms with Gasteiger partial charge in [-0.3, -0.25) is 4.79 Å². The highest BCUT2D eigenvalue weighted by Crippen LogP contribution is 2.23. The molecule has 0 aromatic carbocycles. The molecular formula is C17H22BrNO3S. The van der Waals surface area contributed by atoms with Crippen molar-refractivity contribution in [2.45, 2.75) is 57.6 Å². The third-order valence-corrected chi connectivity index (χ3v) is 5.43. The van der Waals surface area contributed by atoms with Crippen molar-refractivity contribution < 1.29 is 14.3 Å². The van der Waals surface area contributed by atoms with Crippen molar-refractivity contribution in [2.24, 2.45) is 0 Å². The highest BCUT2D eigenvalue weighted by Gasteiger charge is 2.21. The molecule has 1 saturated carbocycles. The Bertz CT molecular complexity index is 562. The number of hydrogen-bond acceptors (Lipinski definition) is 4. The molecule has 1 aliphatic carbocycles. The van der Waals surface area contributed by atoms with Gasteiger partial charge in [0.25, 0.3) is 5.91 Å². The fourth-order valence-electron chi connectivity index (χ4n) is 2.58. The Labute approximate surface area is 149 Å². The summed E-state index contributed by atoms with van der Waals surface area (Å²) in [5.74, 6) is -0.712. The van der Waals surface area contributed by atoms with Crippen molar-refractivity contribution in [1.82, 2.24) is 5.32 Å². The molecule has 0 saturated heterocycles. The molecule has 1 aliphatic rings. The standard InChI is InChI=1S/C17H22BrNO3S/c1-12(17(21)19-13-6-4-2-3-5-7-13)22-16(20)11-9-14-8-10-15(18)23-14/h8-13H,2-7H2,1H3,(H,19,21)/b11-9+/t12-/m0/s1. The van der Waals surface area contributed by atoms with Crippen LogP contribution in [0.25, 0.3) is 6.08 Å². The van der Waals surface area contributed by atoms with E-state index >= 15 is 0 Å². The van der Waals surface area contributed by atoms with Gasteiger partial charge in [0.2, 0.25) is 0 Å². The number of hydrogen-bond donors (Lipinski definition) is 1. The van der Waals surface area contributed by atoms with Crippen LogP contribution in [0.2, 0.25) is 0 Å². The number of rotatable bonds is 5. The summed E-state index contributed by atoms with van der Waals surface area (Å²) >= 11 is 4.89. The SMILES string of the molecule is C[C@H](OC(=O)/C=C/c1ccc(Br)s1)C(=O)NC1CCCCCC1. The Kier molecular flexibility index (Phi) is 7.30. The third-order valence-electron chi connectivity index (χ3n) is 3.84. The molecule has 4 nitrogen and oxygen atoms in total. The number of esters is 1. The lowest BCUT2D eigenvalue weighted by Crippen LogP contribution is -2.41. The highest BCUT2D eigenvalue weighted by molar-refractivity contribution is 9.11. The van der Waals surface area contributed by atoms with E-state index < -0.39 is 12.1 Å². The molecule has 23 heavy (non-hydrogen) atoms. The molecule has 1 aromatic heterocycles. The van der Waals surface area contributed by atoms with Crippen molar-refractivity contribution in [2.75, 3.05) is 0 Å². The number of carbonyl (C=O) groups excluding carboxylic acids is 2. The van der Waals surface area contributed by atoms with E-state index in [4.69, 9.17) is 4.74 Å². The summed E-state index contributed by atoms with van der Waals surface area (Å²) in [5.41, 5.74) is 0. The number of nitrogens with one attached hydrogen (secondary N) is 1. The topological polar surface area (TPSA) is 55.4 Å². The van der Waals surface area contributed by atoms with E-state index in [0.717, 1.165) is 34.3 Å². The zero-order valence-corrected chi connectivity index (χ0v) is 15.6. The van der Waals surface area contributed by atoms with Crippen LogP contribution in [0.3, 0.4) is 0 Å².